The average Bonchev–Trinajstić information content (AvgIpc) is 2.58. The van der Waals surface area contributed by atoms with Gasteiger partial charge >= 0.3 is 0 Å². The SMILES string of the molecule is CCCNCCC=Cc1occc1Br. The van der Waals surface area contributed by atoms with Gasteiger partial charge in [-0.1, -0.05) is 13.0 Å². The minimum Gasteiger partial charge on any atom is -0.464 e. The molecular formula is C11H16BrNO. The summed E-state index contributed by atoms with van der Waals surface area (Å²) in [6.45, 7) is 4.30. The molecule has 1 rings (SSSR count). The van der Waals surface area contributed by atoms with E-state index in [2.05, 4.69) is 34.2 Å². The topological polar surface area (TPSA) is 25.2 Å². The summed E-state index contributed by atoms with van der Waals surface area (Å²) >= 11 is 3.40. The molecule has 0 aromatic carbocycles. The van der Waals surface area contributed by atoms with Crippen LogP contribution >= 0.6 is 15.9 Å². The van der Waals surface area contributed by atoms with Crippen molar-refractivity contribution in [1.82, 2.24) is 5.32 Å². The molecule has 1 heterocycles. The Morgan fingerprint density at radius 3 is 3.00 bits per heavy atom. The predicted molar refractivity (Wildman–Crippen MR) is 63.2 cm³/mol. The lowest BCUT2D eigenvalue weighted by molar-refractivity contribution is 0.555. The van der Waals surface area contributed by atoms with Gasteiger partial charge in [0.25, 0.3) is 0 Å². The zero-order valence-corrected chi connectivity index (χ0v) is 10.0. The van der Waals surface area contributed by atoms with Crippen LogP contribution in [-0.2, 0) is 0 Å². The van der Waals surface area contributed by atoms with Crippen LogP contribution in [0, 0.1) is 0 Å². The lowest BCUT2D eigenvalue weighted by Gasteiger charge is -1.97. The highest BCUT2D eigenvalue weighted by molar-refractivity contribution is 9.10. The molecular weight excluding hydrogens is 242 g/mol. The Morgan fingerprint density at radius 1 is 1.50 bits per heavy atom. The quantitative estimate of drug-likeness (QED) is 0.790. The van der Waals surface area contributed by atoms with Crippen LogP contribution < -0.4 is 5.32 Å². The van der Waals surface area contributed by atoms with Crippen molar-refractivity contribution in [3.05, 3.63) is 28.6 Å². The number of hydrogen-bond donors (Lipinski definition) is 1. The van der Waals surface area contributed by atoms with E-state index in [4.69, 9.17) is 4.42 Å². The molecule has 14 heavy (non-hydrogen) atoms. The molecule has 2 nitrogen and oxygen atoms in total. The third-order valence-electron chi connectivity index (χ3n) is 1.83. The smallest absolute Gasteiger partial charge is 0.140 e. The van der Waals surface area contributed by atoms with Gasteiger partial charge in [0.1, 0.15) is 5.76 Å². The van der Waals surface area contributed by atoms with Gasteiger partial charge in [-0.05, 0) is 54.0 Å². The molecule has 1 aromatic rings. The molecule has 0 amide bonds. The molecule has 3 heteroatoms. The fourth-order valence-corrected chi connectivity index (χ4v) is 1.44. The van der Waals surface area contributed by atoms with Crippen LogP contribution in [0.1, 0.15) is 25.5 Å². The Hall–Kier alpha value is -0.540. The van der Waals surface area contributed by atoms with Crippen LogP contribution in [0.5, 0.6) is 0 Å². The second kappa shape index (κ2) is 6.85. The number of nitrogens with one attached hydrogen (secondary N) is 1. The van der Waals surface area contributed by atoms with E-state index in [0.717, 1.165) is 29.7 Å². The van der Waals surface area contributed by atoms with Gasteiger partial charge in [-0.15, -0.1) is 0 Å². The van der Waals surface area contributed by atoms with E-state index in [9.17, 15) is 0 Å². The van der Waals surface area contributed by atoms with Crippen LogP contribution in [0.4, 0.5) is 0 Å². The Kier molecular flexibility index (Phi) is 5.64. The minimum atomic E-state index is 0.889. The monoisotopic (exact) mass is 257 g/mol. The lowest BCUT2D eigenvalue weighted by Crippen LogP contribution is -2.14. The molecule has 0 saturated carbocycles. The average molecular weight is 258 g/mol. The van der Waals surface area contributed by atoms with Crippen molar-refractivity contribution < 1.29 is 4.42 Å². The van der Waals surface area contributed by atoms with Crippen LogP contribution in [-0.4, -0.2) is 13.1 Å². The number of hydrogen-bond acceptors (Lipinski definition) is 2. The Morgan fingerprint density at radius 2 is 2.36 bits per heavy atom. The number of halogens is 1. The van der Waals surface area contributed by atoms with Crippen molar-refractivity contribution in [3.8, 4) is 0 Å². The Balaban J connectivity index is 2.18. The van der Waals surface area contributed by atoms with Crippen molar-refractivity contribution in [2.24, 2.45) is 0 Å². The summed E-state index contributed by atoms with van der Waals surface area (Å²) in [5, 5.41) is 3.34. The van der Waals surface area contributed by atoms with Gasteiger partial charge in [-0.3, -0.25) is 0 Å². The highest BCUT2D eigenvalue weighted by Crippen LogP contribution is 2.18. The molecule has 0 aliphatic rings. The Bertz CT molecular complexity index is 281. The van der Waals surface area contributed by atoms with Crippen molar-refractivity contribution in [3.63, 3.8) is 0 Å². The highest BCUT2D eigenvalue weighted by atomic mass is 79.9. The van der Waals surface area contributed by atoms with Gasteiger partial charge in [-0.25, -0.2) is 0 Å². The van der Waals surface area contributed by atoms with Crippen molar-refractivity contribution in [2.45, 2.75) is 19.8 Å². The molecule has 0 bridgehead atoms. The maximum Gasteiger partial charge on any atom is 0.140 e. The predicted octanol–water partition coefficient (Wildman–Crippen LogP) is 3.45. The van der Waals surface area contributed by atoms with Gasteiger partial charge in [0.2, 0.25) is 0 Å². The second-order valence-electron chi connectivity index (χ2n) is 3.07. The first-order valence-corrected chi connectivity index (χ1v) is 5.74. The molecule has 1 N–H and O–H groups in total. The summed E-state index contributed by atoms with van der Waals surface area (Å²) in [5.41, 5.74) is 0. The third-order valence-corrected chi connectivity index (χ3v) is 2.48. The summed E-state index contributed by atoms with van der Waals surface area (Å²) in [6.07, 6.45) is 8.02. The molecule has 0 spiro atoms. The molecule has 0 atom stereocenters. The molecule has 0 fully saturated rings. The summed E-state index contributed by atoms with van der Waals surface area (Å²) in [5.74, 6) is 0.889. The molecule has 1 aromatic heterocycles. The van der Waals surface area contributed by atoms with Gasteiger partial charge in [0.05, 0.1) is 10.7 Å². The van der Waals surface area contributed by atoms with E-state index in [1.54, 1.807) is 6.26 Å². The van der Waals surface area contributed by atoms with Crippen LogP contribution in [0.2, 0.25) is 0 Å². The van der Waals surface area contributed by atoms with Crippen molar-refractivity contribution in [1.29, 1.82) is 0 Å². The largest absolute Gasteiger partial charge is 0.464 e. The number of rotatable bonds is 6. The first-order chi connectivity index (χ1) is 6.84. The summed E-state index contributed by atoms with van der Waals surface area (Å²) < 4.78 is 6.25. The highest BCUT2D eigenvalue weighted by Gasteiger charge is 1.96. The maximum absolute atomic E-state index is 5.24. The van der Waals surface area contributed by atoms with E-state index in [0.29, 0.717) is 0 Å². The van der Waals surface area contributed by atoms with E-state index in [1.807, 2.05) is 12.1 Å². The summed E-state index contributed by atoms with van der Waals surface area (Å²) in [7, 11) is 0. The van der Waals surface area contributed by atoms with Crippen molar-refractivity contribution >= 4 is 22.0 Å². The maximum atomic E-state index is 5.24. The molecule has 78 valence electrons. The number of furan rings is 1. The van der Waals surface area contributed by atoms with Crippen molar-refractivity contribution in [2.75, 3.05) is 13.1 Å². The molecule has 0 saturated heterocycles. The summed E-state index contributed by atoms with van der Waals surface area (Å²) in [4.78, 5) is 0. The van der Waals surface area contributed by atoms with Gasteiger partial charge in [0.15, 0.2) is 0 Å². The normalized spacial score (nSPS) is 11.3. The van der Waals surface area contributed by atoms with Crippen LogP contribution in [0.25, 0.3) is 6.08 Å². The zero-order valence-electron chi connectivity index (χ0n) is 8.42. The first kappa shape index (κ1) is 11.5. The minimum absolute atomic E-state index is 0.889. The summed E-state index contributed by atoms with van der Waals surface area (Å²) in [6, 6.07) is 1.90. The van der Waals surface area contributed by atoms with Gasteiger partial charge in [-0.2, -0.15) is 0 Å². The molecule has 0 aliphatic carbocycles. The van der Waals surface area contributed by atoms with E-state index in [-0.39, 0.29) is 0 Å². The van der Waals surface area contributed by atoms with E-state index >= 15 is 0 Å². The van der Waals surface area contributed by atoms with Gasteiger partial charge < -0.3 is 9.73 Å². The third kappa shape index (κ3) is 4.11. The van der Waals surface area contributed by atoms with Gasteiger partial charge in [0, 0.05) is 0 Å². The van der Waals surface area contributed by atoms with E-state index in [1.165, 1.54) is 6.42 Å². The standard InChI is InChI=1S/C11H16BrNO/c1-2-7-13-8-4-3-5-11-10(12)6-9-14-11/h3,5-6,9,13H,2,4,7-8H2,1H3. The lowest BCUT2D eigenvalue weighted by atomic mass is 10.3. The fraction of sp³-hybridized carbons (Fsp3) is 0.455. The van der Waals surface area contributed by atoms with Crippen LogP contribution in [0.3, 0.4) is 0 Å². The van der Waals surface area contributed by atoms with E-state index < -0.39 is 0 Å². The Labute approximate surface area is 93.5 Å². The first-order valence-electron chi connectivity index (χ1n) is 4.95. The fourth-order valence-electron chi connectivity index (χ4n) is 1.10. The second-order valence-corrected chi connectivity index (χ2v) is 3.93. The molecule has 0 radical (unpaired) electrons. The van der Waals surface area contributed by atoms with Crippen LogP contribution in [0.15, 0.2) is 27.3 Å². The molecule has 0 aliphatic heterocycles. The molecule has 0 unspecified atom stereocenters. The zero-order chi connectivity index (χ0) is 10.2.